The highest BCUT2D eigenvalue weighted by molar-refractivity contribution is 8.27. The molecule has 2 aliphatic heterocycles. The van der Waals surface area contributed by atoms with E-state index in [1.54, 1.807) is 6.08 Å². The van der Waals surface area contributed by atoms with Gasteiger partial charge in [0.1, 0.15) is 5.04 Å². The number of rotatable bonds is 4. The second-order valence-corrected chi connectivity index (χ2v) is 8.89. The van der Waals surface area contributed by atoms with Crippen LogP contribution >= 0.6 is 11.8 Å². The molecule has 2 aromatic carbocycles. The van der Waals surface area contributed by atoms with Gasteiger partial charge in [0.15, 0.2) is 5.84 Å². The molecule has 0 saturated heterocycles. The number of aromatic nitrogens is 1. The number of carbonyl (C=O) groups is 1. The average molecular weight is 454 g/mol. The van der Waals surface area contributed by atoms with Crippen molar-refractivity contribution in [2.75, 3.05) is 0 Å². The van der Waals surface area contributed by atoms with Crippen molar-refractivity contribution < 1.29 is 4.79 Å². The molecule has 6 nitrogen and oxygen atoms in total. The summed E-state index contributed by atoms with van der Waals surface area (Å²) in [5.74, 6) is -0.371. The maximum atomic E-state index is 12.9. The molecule has 0 bridgehead atoms. The molecule has 1 aromatic heterocycles. The third-order valence-electron chi connectivity index (χ3n) is 5.86. The summed E-state index contributed by atoms with van der Waals surface area (Å²) in [4.78, 5) is 17.1. The van der Waals surface area contributed by atoms with Crippen LogP contribution in [0.5, 0.6) is 0 Å². The molecule has 0 spiro atoms. The smallest absolute Gasteiger partial charge is 0.283 e. The number of hydrogen-bond acceptors (Lipinski definition) is 4. The molecule has 0 unspecified atom stereocenters. The molecule has 5 rings (SSSR count). The van der Waals surface area contributed by atoms with Crippen LogP contribution in [0.25, 0.3) is 11.8 Å². The van der Waals surface area contributed by atoms with Crippen LogP contribution in [-0.4, -0.2) is 31.5 Å². The summed E-state index contributed by atoms with van der Waals surface area (Å²) in [6, 6.07) is 20.1. The fourth-order valence-electron chi connectivity index (χ4n) is 4.18. The number of hydrogen-bond donors (Lipinski definition) is 1. The highest BCUT2D eigenvalue weighted by Gasteiger charge is 2.36. The highest BCUT2D eigenvalue weighted by Crippen LogP contribution is 2.32. The number of carbonyl (C=O) groups excluding carboxylic acids is 1. The quantitative estimate of drug-likeness (QED) is 0.543. The molecule has 3 aromatic rings. The summed E-state index contributed by atoms with van der Waals surface area (Å²) >= 11 is 1.31. The van der Waals surface area contributed by atoms with Gasteiger partial charge in [-0.2, -0.15) is 15.1 Å². The molecule has 164 valence electrons. The van der Waals surface area contributed by atoms with E-state index in [1.165, 1.54) is 22.3 Å². The molecule has 1 amide bonds. The van der Waals surface area contributed by atoms with Gasteiger partial charge in [-0.15, -0.1) is 0 Å². The Bertz CT molecular complexity index is 1380. The van der Waals surface area contributed by atoms with Crippen molar-refractivity contribution in [3.05, 3.63) is 94.3 Å². The van der Waals surface area contributed by atoms with Crippen LogP contribution < -0.4 is 0 Å². The number of para-hydroxylation sites is 1. The lowest BCUT2D eigenvalue weighted by Crippen LogP contribution is -2.35. The Morgan fingerprint density at radius 2 is 1.79 bits per heavy atom. The molecule has 0 saturated carbocycles. The van der Waals surface area contributed by atoms with Crippen LogP contribution in [0, 0.1) is 19.3 Å². The average Bonchev–Trinajstić information content (AvgIpc) is 3.37. The van der Waals surface area contributed by atoms with E-state index < -0.39 is 5.91 Å². The van der Waals surface area contributed by atoms with Gasteiger partial charge >= 0.3 is 0 Å². The Kier molecular flexibility index (Phi) is 5.34. The number of hydrazone groups is 1. The SMILES string of the molecule is CCc1ccccc1-n1c(C)cc(C=C2C(=N)N3N=C(c4ccccc4)SC3=NC2=O)c1C. The summed E-state index contributed by atoms with van der Waals surface area (Å²) < 4.78 is 2.20. The van der Waals surface area contributed by atoms with Crippen molar-refractivity contribution in [3.63, 3.8) is 0 Å². The first-order chi connectivity index (χ1) is 16.0. The van der Waals surface area contributed by atoms with E-state index in [2.05, 4.69) is 46.7 Å². The fraction of sp³-hybridized carbons (Fsp3) is 0.154. The summed E-state index contributed by atoms with van der Waals surface area (Å²) in [5.41, 5.74) is 6.54. The Morgan fingerprint density at radius 1 is 1.06 bits per heavy atom. The molecule has 1 N–H and O–H groups in total. The van der Waals surface area contributed by atoms with Gasteiger partial charge in [0.2, 0.25) is 5.17 Å². The van der Waals surface area contributed by atoms with E-state index in [-0.39, 0.29) is 11.4 Å². The molecular weight excluding hydrogens is 430 g/mol. The number of amidine groups is 2. The number of thioether (sulfide) groups is 1. The Labute approximate surface area is 196 Å². The van der Waals surface area contributed by atoms with Gasteiger partial charge < -0.3 is 4.57 Å². The van der Waals surface area contributed by atoms with Gasteiger partial charge in [-0.05, 0) is 61.4 Å². The van der Waals surface area contributed by atoms with Crippen LogP contribution in [-0.2, 0) is 11.2 Å². The highest BCUT2D eigenvalue weighted by atomic mass is 32.2. The molecule has 0 aliphatic carbocycles. The standard InChI is InChI=1S/C26H23N5OS/c1-4-18-10-8-9-13-22(18)30-16(2)14-20(17(30)3)15-21-23(27)31-26(28-24(21)32)33-25(29-31)19-11-6-5-7-12-19/h5-15,27H,4H2,1-3H3. The maximum Gasteiger partial charge on any atom is 0.283 e. The lowest BCUT2D eigenvalue weighted by molar-refractivity contribution is -0.114. The van der Waals surface area contributed by atoms with E-state index in [0.29, 0.717) is 5.17 Å². The van der Waals surface area contributed by atoms with Crippen LogP contribution in [0.15, 0.2) is 76.3 Å². The van der Waals surface area contributed by atoms with Crippen LogP contribution in [0.4, 0.5) is 0 Å². The van der Waals surface area contributed by atoms with Crippen molar-refractivity contribution in [1.29, 1.82) is 5.41 Å². The minimum absolute atomic E-state index is 0.0437. The lowest BCUT2D eigenvalue weighted by atomic mass is 10.1. The zero-order chi connectivity index (χ0) is 23.1. The summed E-state index contributed by atoms with van der Waals surface area (Å²) in [5, 5.41) is 15.9. The van der Waals surface area contributed by atoms with Crippen LogP contribution in [0.2, 0.25) is 0 Å². The van der Waals surface area contributed by atoms with Crippen molar-refractivity contribution in [3.8, 4) is 5.69 Å². The number of benzene rings is 2. The zero-order valence-corrected chi connectivity index (χ0v) is 19.5. The lowest BCUT2D eigenvalue weighted by Gasteiger charge is -2.20. The molecule has 2 aliphatic rings. The predicted molar refractivity (Wildman–Crippen MR) is 135 cm³/mol. The van der Waals surface area contributed by atoms with Crippen molar-refractivity contribution >= 4 is 39.8 Å². The number of aryl methyl sites for hydroxylation is 2. The van der Waals surface area contributed by atoms with Crippen molar-refractivity contribution in [2.45, 2.75) is 27.2 Å². The molecule has 33 heavy (non-hydrogen) atoms. The topological polar surface area (TPSA) is 73.8 Å². The van der Waals surface area contributed by atoms with E-state index in [9.17, 15) is 4.79 Å². The van der Waals surface area contributed by atoms with Crippen LogP contribution in [0.3, 0.4) is 0 Å². The first-order valence-corrected chi connectivity index (χ1v) is 11.6. The Hall–Kier alpha value is -3.71. The van der Waals surface area contributed by atoms with Gasteiger partial charge in [-0.1, -0.05) is 55.5 Å². The number of fused-ring (bicyclic) bond motifs is 1. The number of amides is 1. The van der Waals surface area contributed by atoms with Crippen molar-refractivity contribution in [2.24, 2.45) is 10.1 Å². The van der Waals surface area contributed by atoms with Gasteiger partial charge in [0.25, 0.3) is 5.91 Å². The first-order valence-electron chi connectivity index (χ1n) is 10.8. The molecule has 0 atom stereocenters. The fourth-order valence-corrected chi connectivity index (χ4v) is 5.07. The number of nitrogens with zero attached hydrogens (tertiary/aromatic N) is 4. The monoisotopic (exact) mass is 453 g/mol. The third-order valence-corrected chi connectivity index (χ3v) is 6.82. The first kappa shape index (κ1) is 21.2. The van der Waals surface area contributed by atoms with Gasteiger partial charge in [0, 0.05) is 22.6 Å². The number of aliphatic imine (C=N–C) groups is 1. The van der Waals surface area contributed by atoms with E-state index in [0.717, 1.165) is 39.7 Å². The largest absolute Gasteiger partial charge is 0.318 e. The van der Waals surface area contributed by atoms with Crippen molar-refractivity contribution in [1.82, 2.24) is 9.58 Å². The maximum absolute atomic E-state index is 12.9. The van der Waals surface area contributed by atoms with E-state index >= 15 is 0 Å². The normalized spacial score (nSPS) is 16.8. The number of nitrogens with one attached hydrogen (secondary N) is 1. The zero-order valence-electron chi connectivity index (χ0n) is 18.7. The summed E-state index contributed by atoms with van der Waals surface area (Å²) in [6.07, 6.45) is 2.69. The van der Waals surface area contributed by atoms with Crippen LogP contribution in [0.1, 0.15) is 35.0 Å². The second kappa shape index (κ2) is 8.33. The molecular formula is C26H23N5OS. The Balaban J connectivity index is 1.53. The molecule has 0 radical (unpaired) electrons. The van der Waals surface area contributed by atoms with Gasteiger partial charge in [-0.3, -0.25) is 10.2 Å². The molecule has 7 heteroatoms. The minimum atomic E-state index is -0.415. The second-order valence-electron chi connectivity index (χ2n) is 7.94. The third kappa shape index (κ3) is 3.64. The van der Waals surface area contributed by atoms with E-state index in [4.69, 9.17) is 5.41 Å². The predicted octanol–water partition coefficient (Wildman–Crippen LogP) is 5.32. The molecule has 0 fully saturated rings. The summed E-state index contributed by atoms with van der Waals surface area (Å²) in [6.45, 7) is 6.24. The minimum Gasteiger partial charge on any atom is -0.318 e. The van der Waals surface area contributed by atoms with Gasteiger partial charge in [0.05, 0.1) is 5.57 Å². The Morgan fingerprint density at radius 3 is 2.55 bits per heavy atom. The van der Waals surface area contributed by atoms with E-state index in [1.807, 2.05) is 49.4 Å². The summed E-state index contributed by atoms with van der Waals surface area (Å²) in [7, 11) is 0. The molecule has 3 heterocycles. The van der Waals surface area contributed by atoms with Gasteiger partial charge in [-0.25, -0.2) is 0 Å².